The highest BCUT2D eigenvalue weighted by molar-refractivity contribution is 7.92. The molecular weight excluding hydrogens is 605 g/mol. The van der Waals surface area contributed by atoms with Crippen molar-refractivity contribution in [2.45, 2.75) is 64.6 Å². The van der Waals surface area contributed by atoms with Crippen molar-refractivity contribution in [1.29, 1.82) is 0 Å². The van der Waals surface area contributed by atoms with Crippen molar-refractivity contribution in [2.75, 3.05) is 10.8 Å². The van der Waals surface area contributed by atoms with Gasteiger partial charge in [-0.15, -0.1) is 0 Å². The zero-order valence-electron chi connectivity index (χ0n) is 23.6. The van der Waals surface area contributed by atoms with Gasteiger partial charge in [0.1, 0.15) is 12.6 Å². The number of amides is 2. The number of carbonyl (C=O) groups excluding carboxylic acids is 2. The predicted molar refractivity (Wildman–Crippen MR) is 166 cm³/mol. The zero-order valence-corrected chi connectivity index (χ0v) is 26.7. The summed E-state index contributed by atoms with van der Waals surface area (Å²) in [7, 11) is -4.20. The van der Waals surface area contributed by atoms with Gasteiger partial charge in [0, 0.05) is 17.6 Å². The van der Waals surface area contributed by atoms with Crippen molar-refractivity contribution in [2.24, 2.45) is 0 Å². The molecule has 11 heteroatoms. The van der Waals surface area contributed by atoms with Gasteiger partial charge in [0.05, 0.1) is 20.6 Å². The minimum Gasteiger partial charge on any atom is -0.352 e. The highest BCUT2D eigenvalue weighted by Gasteiger charge is 2.33. The standard InChI is InChI=1S/C30H34Cl3N3O4S/c1-6-21(4)34-30(38)22(5)35(17-23-8-14-27(32)28(33)16-23)29(37)18-36(25-11-7-19(2)20(3)15-25)41(39,40)26-12-9-24(31)10-13-26/h7-16,21-22H,6,17-18H2,1-5H3,(H,34,38)/t21-,22+/m1/s1. The number of rotatable bonds is 11. The van der Waals surface area contributed by atoms with E-state index >= 15 is 0 Å². The molecule has 0 heterocycles. The number of hydrogen-bond acceptors (Lipinski definition) is 4. The number of sulfonamides is 1. The minimum absolute atomic E-state index is 0.00652. The molecule has 3 rings (SSSR count). The second-order valence-corrected chi connectivity index (χ2v) is 13.1. The van der Waals surface area contributed by atoms with Gasteiger partial charge >= 0.3 is 0 Å². The molecule has 0 aliphatic carbocycles. The molecule has 3 aromatic rings. The van der Waals surface area contributed by atoms with E-state index in [1.807, 2.05) is 27.7 Å². The topological polar surface area (TPSA) is 86.8 Å². The summed E-state index contributed by atoms with van der Waals surface area (Å²) in [6.07, 6.45) is 0.707. The SMILES string of the molecule is CC[C@@H](C)NC(=O)[C@H](C)N(Cc1ccc(Cl)c(Cl)c1)C(=O)CN(c1ccc(C)c(C)c1)S(=O)(=O)c1ccc(Cl)cc1. The highest BCUT2D eigenvalue weighted by Crippen LogP contribution is 2.28. The Kier molecular flexibility index (Phi) is 11.1. The Morgan fingerprint density at radius 3 is 2.12 bits per heavy atom. The maximum atomic E-state index is 14.0. The first kappa shape index (κ1) is 32.7. The molecule has 0 bridgehead atoms. The molecule has 7 nitrogen and oxygen atoms in total. The van der Waals surface area contributed by atoms with E-state index in [1.54, 1.807) is 43.3 Å². The predicted octanol–water partition coefficient (Wildman–Crippen LogP) is 6.79. The summed E-state index contributed by atoms with van der Waals surface area (Å²) in [5, 5.41) is 3.94. The number of carbonyl (C=O) groups is 2. The molecule has 1 N–H and O–H groups in total. The van der Waals surface area contributed by atoms with E-state index in [4.69, 9.17) is 34.8 Å². The van der Waals surface area contributed by atoms with Crippen LogP contribution in [-0.2, 0) is 26.2 Å². The lowest BCUT2D eigenvalue weighted by Gasteiger charge is -2.32. The van der Waals surface area contributed by atoms with Crippen molar-refractivity contribution < 1.29 is 18.0 Å². The molecule has 0 saturated heterocycles. The number of benzene rings is 3. The maximum Gasteiger partial charge on any atom is 0.264 e. The summed E-state index contributed by atoms with van der Waals surface area (Å²) in [5.74, 6) is -0.926. The van der Waals surface area contributed by atoms with Crippen LogP contribution in [0.25, 0.3) is 0 Å². The van der Waals surface area contributed by atoms with Gasteiger partial charge in [0.2, 0.25) is 11.8 Å². The summed E-state index contributed by atoms with van der Waals surface area (Å²) in [6.45, 7) is 8.67. The van der Waals surface area contributed by atoms with Crippen molar-refractivity contribution in [3.8, 4) is 0 Å². The Labute approximate surface area is 257 Å². The minimum atomic E-state index is -4.20. The van der Waals surface area contributed by atoms with Gasteiger partial charge in [0.15, 0.2) is 0 Å². The summed E-state index contributed by atoms with van der Waals surface area (Å²) in [5.41, 5.74) is 2.79. The van der Waals surface area contributed by atoms with E-state index in [0.717, 1.165) is 15.4 Å². The molecule has 2 atom stereocenters. The fraction of sp³-hybridized carbons (Fsp3) is 0.333. The molecule has 0 radical (unpaired) electrons. The second-order valence-electron chi connectivity index (χ2n) is 10.00. The smallest absolute Gasteiger partial charge is 0.264 e. The first-order valence-electron chi connectivity index (χ1n) is 13.1. The van der Waals surface area contributed by atoms with E-state index in [-0.39, 0.29) is 23.4 Å². The third-order valence-corrected chi connectivity index (χ3v) is 9.74. The summed E-state index contributed by atoms with van der Waals surface area (Å²) < 4.78 is 28.9. The Bertz CT molecular complexity index is 1510. The van der Waals surface area contributed by atoms with Gasteiger partial charge in [-0.2, -0.15) is 0 Å². The number of halogens is 3. The van der Waals surface area contributed by atoms with Gasteiger partial charge in [-0.25, -0.2) is 8.42 Å². The van der Waals surface area contributed by atoms with Crippen LogP contribution >= 0.6 is 34.8 Å². The summed E-state index contributed by atoms with van der Waals surface area (Å²) in [4.78, 5) is 28.5. The van der Waals surface area contributed by atoms with Crippen LogP contribution in [0.15, 0.2) is 65.6 Å². The fourth-order valence-electron chi connectivity index (χ4n) is 4.03. The third-order valence-electron chi connectivity index (χ3n) is 6.96. The molecule has 0 aliphatic heterocycles. The van der Waals surface area contributed by atoms with Crippen LogP contribution in [0.5, 0.6) is 0 Å². The van der Waals surface area contributed by atoms with Crippen LogP contribution in [0.1, 0.15) is 43.9 Å². The van der Waals surface area contributed by atoms with E-state index < -0.39 is 28.5 Å². The van der Waals surface area contributed by atoms with Gasteiger partial charge in [-0.1, -0.05) is 53.9 Å². The molecule has 0 aliphatic rings. The van der Waals surface area contributed by atoms with Gasteiger partial charge in [-0.3, -0.25) is 13.9 Å². The van der Waals surface area contributed by atoms with Crippen LogP contribution in [0.4, 0.5) is 5.69 Å². The van der Waals surface area contributed by atoms with Crippen molar-refractivity contribution in [3.63, 3.8) is 0 Å². The number of nitrogens with zero attached hydrogens (tertiary/aromatic N) is 2. The number of hydrogen-bond donors (Lipinski definition) is 1. The lowest BCUT2D eigenvalue weighted by molar-refractivity contribution is -0.139. The van der Waals surface area contributed by atoms with E-state index in [1.165, 1.54) is 29.2 Å². The summed E-state index contributed by atoms with van der Waals surface area (Å²) in [6, 6.07) is 14.8. The molecule has 0 spiro atoms. The molecule has 0 aromatic heterocycles. The van der Waals surface area contributed by atoms with E-state index in [0.29, 0.717) is 32.7 Å². The molecule has 0 unspecified atom stereocenters. The van der Waals surface area contributed by atoms with Crippen molar-refractivity contribution >= 4 is 62.3 Å². The molecule has 41 heavy (non-hydrogen) atoms. The monoisotopic (exact) mass is 637 g/mol. The molecule has 0 fully saturated rings. The van der Waals surface area contributed by atoms with Gasteiger partial charge < -0.3 is 10.2 Å². The average Bonchev–Trinajstić information content (AvgIpc) is 2.93. The zero-order chi connectivity index (χ0) is 30.5. The second kappa shape index (κ2) is 13.9. The Hall–Kier alpha value is -2.78. The van der Waals surface area contributed by atoms with Gasteiger partial charge in [0.25, 0.3) is 10.0 Å². The normalized spacial score (nSPS) is 12.9. The molecule has 220 valence electrons. The lowest BCUT2D eigenvalue weighted by Crippen LogP contribution is -2.52. The van der Waals surface area contributed by atoms with Crippen molar-refractivity contribution in [1.82, 2.24) is 10.2 Å². The maximum absolute atomic E-state index is 14.0. The number of nitrogens with one attached hydrogen (secondary N) is 1. The van der Waals surface area contributed by atoms with E-state index in [2.05, 4.69) is 5.32 Å². The number of aryl methyl sites for hydroxylation is 2. The first-order chi connectivity index (χ1) is 19.2. The Balaban J connectivity index is 2.06. The van der Waals surface area contributed by atoms with E-state index in [9.17, 15) is 18.0 Å². The Morgan fingerprint density at radius 1 is 0.878 bits per heavy atom. The van der Waals surface area contributed by atoms with Crippen LogP contribution in [0, 0.1) is 13.8 Å². The molecule has 3 aromatic carbocycles. The average molecular weight is 639 g/mol. The molecular formula is C30H34Cl3N3O4S. The largest absolute Gasteiger partial charge is 0.352 e. The highest BCUT2D eigenvalue weighted by atomic mass is 35.5. The van der Waals surface area contributed by atoms with Gasteiger partial charge in [-0.05, 0) is 99.3 Å². The molecule has 0 saturated carbocycles. The quantitative estimate of drug-likeness (QED) is 0.251. The van der Waals surface area contributed by atoms with Crippen molar-refractivity contribution in [3.05, 3.63) is 92.4 Å². The van der Waals surface area contributed by atoms with Crippen LogP contribution in [-0.4, -0.2) is 43.8 Å². The third kappa shape index (κ3) is 8.16. The molecule has 2 amide bonds. The van der Waals surface area contributed by atoms with Crippen LogP contribution < -0.4 is 9.62 Å². The summed E-state index contributed by atoms with van der Waals surface area (Å²) >= 11 is 18.3. The first-order valence-corrected chi connectivity index (χ1v) is 15.7. The lowest BCUT2D eigenvalue weighted by atomic mass is 10.1. The number of anilines is 1. The van der Waals surface area contributed by atoms with Crippen LogP contribution in [0.2, 0.25) is 15.1 Å². The fourth-order valence-corrected chi connectivity index (χ4v) is 5.88. The Morgan fingerprint density at radius 2 is 1.54 bits per heavy atom. The van der Waals surface area contributed by atoms with Crippen LogP contribution in [0.3, 0.4) is 0 Å².